The van der Waals surface area contributed by atoms with Crippen LogP contribution in [0.1, 0.15) is 42.7 Å². The van der Waals surface area contributed by atoms with Crippen LogP contribution < -0.4 is 0 Å². The Morgan fingerprint density at radius 1 is 0.960 bits per heavy atom. The van der Waals surface area contributed by atoms with Gasteiger partial charge >= 0.3 is 0 Å². The average Bonchev–Trinajstić information content (AvgIpc) is 2.61. The van der Waals surface area contributed by atoms with Gasteiger partial charge in [0.05, 0.1) is 4.92 Å². The minimum atomic E-state index is -0.302. The summed E-state index contributed by atoms with van der Waals surface area (Å²) in [4.78, 5) is 12.3. The van der Waals surface area contributed by atoms with Crippen LogP contribution in [0.4, 0.5) is 0 Å². The van der Waals surface area contributed by atoms with Gasteiger partial charge in [-0.05, 0) is 28.2 Å². The molecule has 1 heterocycles. The average molecular weight is 351 g/mol. The van der Waals surface area contributed by atoms with Gasteiger partial charge in [-0.2, -0.15) is 0 Å². The fourth-order valence-electron chi connectivity index (χ4n) is 2.80. The van der Waals surface area contributed by atoms with E-state index in [1.54, 1.807) is 6.08 Å². The topological polar surface area (TPSA) is 43.1 Å². The van der Waals surface area contributed by atoms with Crippen molar-refractivity contribution in [2.45, 2.75) is 31.4 Å². The van der Waals surface area contributed by atoms with E-state index in [1.807, 2.05) is 48.5 Å². The Morgan fingerprint density at radius 3 is 2.16 bits per heavy atom. The van der Waals surface area contributed by atoms with Crippen molar-refractivity contribution in [1.82, 2.24) is 0 Å². The van der Waals surface area contributed by atoms with Gasteiger partial charge in [0.2, 0.25) is 0 Å². The number of hydrogen-bond acceptors (Lipinski definition) is 3. The molecule has 4 heteroatoms. The number of nitro groups is 1. The fourth-order valence-corrected chi connectivity index (χ4v) is 4.05. The number of allylic oxidation sites excluding steroid dienone is 2. The molecule has 25 heavy (non-hydrogen) atoms. The third kappa shape index (κ3) is 3.85. The predicted octanol–water partition coefficient (Wildman–Crippen LogP) is 5.97. The lowest BCUT2D eigenvalue weighted by Crippen LogP contribution is -2.13. The molecule has 0 bridgehead atoms. The number of rotatable bonds is 3. The number of benzene rings is 2. The highest BCUT2D eigenvalue weighted by atomic mass is 32.2. The largest absolute Gasteiger partial charge is 0.263 e. The van der Waals surface area contributed by atoms with Gasteiger partial charge in [-0.25, -0.2) is 0 Å². The first-order chi connectivity index (χ1) is 11.9. The van der Waals surface area contributed by atoms with E-state index in [0.29, 0.717) is 0 Å². The summed E-state index contributed by atoms with van der Waals surface area (Å²) in [5, 5.41) is 11.2. The third-order valence-corrected chi connectivity index (χ3v) is 5.64. The molecule has 0 fully saturated rings. The van der Waals surface area contributed by atoms with E-state index < -0.39 is 0 Å². The molecular weight excluding hydrogens is 330 g/mol. The van der Waals surface area contributed by atoms with Crippen molar-refractivity contribution in [3.63, 3.8) is 0 Å². The van der Waals surface area contributed by atoms with Gasteiger partial charge in [-0.1, -0.05) is 75.4 Å². The summed E-state index contributed by atoms with van der Waals surface area (Å²) in [6.07, 6.45) is 3.49. The first-order valence-corrected chi connectivity index (χ1v) is 9.13. The fraction of sp³-hybridized carbons (Fsp3) is 0.238. The van der Waals surface area contributed by atoms with E-state index in [0.717, 1.165) is 16.0 Å². The van der Waals surface area contributed by atoms with Gasteiger partial charge in [-0.15, -0.1) is 11.8 Å². The molecule has 3 rings (SSSR count). The van der Waals surface area contributed by atoms with E-state index in [-0.39, 0.29) is 21.3 Å². The first kappa shape index (κ1) is 17.5. The molecule has 3 nitrogen and oxygen atoms in total. The standard InChI is InChI=1S/C21H21NO2S/c1-21(2,3)17-11-9-16(10-12-17)20-18(22(23)24)13-14-19(25-20)15-7-5-4-6-8-15/h4-14,20H,1-3H3. The Bertz CT molecular complexity index is 830. The molecule has 1 unspecified atom stereocenters. The molecule has 0 radical (unpaired) electrons. The van der Waals surface area contributed by atoms with Gasteiger partial charge in [0.15, 0.2) is 0 Å². The van der Waals surface area contributed by atoms with Crippen molar-refractivity contribution in [2.24, 2.45) is 0 Å². The maximum atomic E-state index is 11.5. The molecule has 0 amide bonds. The zero-order chi connectivity index (χ0) is 18.0. The molecular formula is C21H21NO2S. The number of thioether (sulfide) groups is 1. The molecule has 1 aliphatic rings. The van der Waals surface area contributed by atoms with E-state index in [1.165, 1.54) is 17.3 Å². The van der Waals surface area contributed by atoms with Crippen LogP contribution in [0, 0.1) is 10.1 Å². The first-order valence-electron chi connectivity index (χ1n) is 8.25. The van der Waals surface area contributed by atoms with Crippen LogP contribution in [0.3, 0.4) is 0 Å². The highest BCUT2D eigenvalue weighted by Crippen LogP contribution is 2.47. The maximum Gasteiger partial charge on any atom is 0.263 e. The molecule has 1 atom stereocenters. The summed E-state index contributed by atoms with van der Waals surface area (Å²) in [5.74, 6) is 0. The number of nitrogens with zero attached hydrogens (tertiary/aromatic N) is 1. The second-order valence-corrected chi connectivity index (χ2v) is 8.26. The lowest BCUT2D eigenvalue weighted by Gasteiger charge is -2.22. The highest BCUT2D eigenvalue weighted by molar-refractivity contribution is 8.08. The van der Waals surface area contributed by atoms with Gasteiger partial charge < -0.3 is 0 Å². The summed E-state index contributed by atoms with van der Waals surface area (Å²) in [7, 11) is 0. The maximum absolute atomic E-state index is 11.5. The predicted molar refractivity (Wildman–Crippen MR) is 105 cm³/mol. The molecule has 0 saturated heterocycles. The Balaban J connectivity index is 1.96. The molecule has 1 aliphatic heterocycles. The minimum absolute atomic E-state index is 0.0646. The Labute approximate surface area is 152 Å². The highest BCUT2D eigenvalue weighted by Gasteiger charge is 2.31. The van der Waals surface area contributed by atoms with Crippen molar-refractivity contribution in [1.29, 1.82) is 0 Å². The molecule has 0 saturated carbocycles. The molecule has 2 aromatic rings. The third-order valence-electron chi connectivity index (χ3n) is 4.27. The smallest absolute Gasteiger partial charge is 0.259 e. The second kappa shape index (κ2) is 6.89. The quantitative estimate of drug-likeness (QED) is 0.505. The SMILES string of the molecule is CC(C)(C)c1ccc(C2SC(c3ccccc3)=CC=C2[N+](=O)[O-])cc1. The summed E-state index contributed by atoms with van der Waals surface area (Å²) < 4.78 is 0. The Kier molecular flexibility index (Phi) is 4.82. The molecule has 2 aromatic carbocycles. The molecule has 0 aliphatic carbocycles. The summed E-state index contributed by atoms with van der Waals surface area (Å²) in [6, 6.07) is 18.2. The van der Waals surface area contributed by atoms with E-state index in [4.69, 9.17) is 0 Å². The van der Waals surface area contributed by atoms with Gasteiger partial charge in [-0.3, -0.25) is 10.1 Å². The van der Waals surface area contributed by atoms with Crippen LogP contribution in [0.2, 0.25) is 0 Å². The molecule has 128 valence electrons. The second-order valence-electron chi connectivity index (χ2n) is 7.12. The van der Waals surface area contributed by atoms with Crippen molar-refractivity contribution in [2.75, 3.05) is 0 Å². The zero-order valence-electron chi connectivity index (χ0n) is 14.6. The van der Waals surface area contributed by atoms with Crippen LogP contribution in [0.5, 0.6) is 0 Å². The summed E-state index contributed by atoms with van der Waals surface area (Å²) in [5.41, 5.74) is 3.57. The van der Waals surface area contributed by atoms with E-state index in [9.17, 15) is 10.1 Å². The zero-order valence-corrected chi connectivity index (χ0v) is 15.4. The van der Waals surface area contributed by atoms with E-state index in [2.05, 4.69) is 32.9 Å². The van der Waals surface area contributed by atoms with Crippen LogP contribution in [-0.4, -0.2) is 4.92 Å². The molecule has 0 aromatic heterocycles. The lowest BCUT2D eigenvalue weighted by atomic mass is 9.86. The van der Waals surface area contributed by atoms with Gasteiger partial charge in [0.25, 0.3) is 5.70 Å². The minimum Gasteiger partial charge on any atom is -0.259 e. The summed E-state index contributed by atoms with van der Waals surface area (Å²) >= 11 is 1.54. The van der Waals surface area contributed by atoms with Crippen LogP contribution in [0.15, 0.2) is 72.4 Å². The van der Waals surface area contributed by atoms with Crippen LogP contribution in [0.25, 0.3) is 4.91 Å². The van der Waals surface area contributed by atoms with E-state index >= 15 is 0 Å². The van der Waals surface area contributed by atoms with Crippen LogP contribution >= 0.6 is 11.8 Å². The summed E-state index contributed by atoms with van der Waals surface area (Å²) in [6.45, 7) is 6.49. The molecule has 0 N–H and O–H groups in total. The molecule has 0 spiro atoms. The monoisotopic (exact) mass is 351 g/mol. The van der Waals surface area contributed by atoms with Gasteiger partial charge in [0, 0.05) is 11.0 Å². The lowest BCUT2D eigenvalue weighted by molar-refractivity contribution is -0.427. The normalized spacial score (nSPS) is 17.6. The van der Waals surface area contributed by atoms with Gasteiger partial charge in [0.1, 0.15) is 5.25 Å². The van der Waals surface area contributed by atoms with Crippen molar-refractivity contribution >= 4 is 16.7 Å². The van der Waals surface area contributed by atoms with Crippen molar-refractivity contribution in [3.8, 4) is 0 Å². The van der Waals surface area contributed by atoms with Crippen molar-refractivity contribution < 1.29 is 4.92 Å². The Hall–Kier alpha value is -2.33. The Morgan fingerprint density at radius 2 is 1.60 bits per heavy atom. The number of hydrogen-bond donors (Lipinski definition) is 0. The van der Waals surface area contributed by atoms with Crippen molar-refractivity contribution in [3.05, 3.63) is 99.3 Å². The van der Waals surface area contributed by atoms with Crippen LogP contribution in [-0.2, 0) is 5.41 Å².